The molecule has 1 fully saturated rings. The minimum absolute atomic E-state index is 0.657. The summed E-state index contributed by atoms with van der Waals surface area (Å²) in [5.41, 5.74) is 1.49. The predicted molar refractivity (Wildman–Crippen MR) is 63.4 cm³/mol. The van der Waals surface area contributed by atoms with Crippen molar-refractivity contribution in [2.24, 2.45) is 5.92 Å². The molecule has 2 aromatic heterocycles. The third kappa shape index (κ3) is 1.89. The van der Waals surface area contributed by atoms with Crippen LogP contribution in [0.3, 0.4) is 0 Å². The van der Waals surface area contributed by atoms with Gasteiger partial charge in [-0.1, -0.05) is 25.7 Å². The summed E-state index contributed by atoms with van der Waals surface area (Å²) < 4.78 is 1.96. The standard InChI is InChI=1S/C13H14N4/c14-8-11-5-6-12-15-16-13(17(12)9-11)7-10-3-1-2-4-10/h5-6,9-10H,1-4,7H2. The van der Waals surface area contributed by atoms with Crippen molar-refractivity contribution in [3.8, 4) is 6.07 Å². The molecule has 4 heteroatoms. The van der Waals surface area contributed by atoms with Crippen molar-refractivity contribution in [1.82, 2.24) is 14.6 Å². The average Bonchev–Trinajstić information content (AvgIpc) is 2.99. The van der Waals surface area contributed by atoms with E-state index < -0.39 is 0 Å². The van der Waals surface area contributed by atoms with Crippen molar-refractivity contribution in [2.75, 3.05) is 0 Å². The van der Waals surface area contributed by atoms with E-state index in [0.717, 1.165) is 23.8 Å². The molecule has 0 atom stereocenters. The van der Waals surface area contributed by atoms with Crippen LogP contribution in [0.25, 0.3) is 5.65 Å². The van der Waals surface area contributed by atoms with E-state index in [9.17, 15) is 0 Å². The monoisotopic (exact) mass is 226 g/mol. The number of nitriles is 1. The molecule has 0 radical (unpaired) electrons. The van der Waals surface area contributed by atoms with E-state index in [1.165, 1.54) is 25.7 Å². The summed E-state index contributed by atoms with van der Waals surface area (Å²) in [5.74, 6) is 1.73. The molecule has 0 spiro atoms. The molecular weight excluding hydrogens is 212 g/mol. The first-order chi connectivity index (χ1) is 8.36. The molecule has 0 N–H and O–H groups in total. The van der Waals surface area contributed by atoms with E-state index >= 15 is 0 Å². The van der Waals surface area contributed by atoms with Crippen LogP contribution in [0.4, 0.5) is 0 Å². The van der Waals surface area contributed by atoms with Gasteiger partial charge in [0.05, 0.1) is 5.56 Å². The van der Waals surface area contributed by atoms with Gasteiger partial charge in [0, 0.05) is 12.6 Å². The second-order valence-electron chi connectivity index (χ2n) is 4.73. The molecular formula is C13H14N4. The fourth-order valence-electron chi connectivity index (χ4n) is 2.62. The summed E-state index contributed by atoms with van der Waals surface area (Å²) in [6.45, 7) is 0. The average molecular weight is 226 g/mol. The van der Waals surface area contributed by atoms with E-state index in [-0.39, 0.29) is 0 Å². The molecule has 0 amide bonds. The smallest absolute Gasteiger partial charge is 0.160 e. The molecule has 0 saturated heterocycles. The largest absolute Gasteiger partial charge is 0.285 e. The lowest BCUT2D eigenvalue weighted by molar-refractivity contribution is 0.527. The van der Waals surface area contributed by atoms with Crippen LogP contribution in [0.5, 0.6) is 0 Å². The maximum atomic E-state index is 8.91. The van der Waals surface area contributed by atoms with Crippen molar-refractivity contribution >= 4 is 5.65 Å². The molecule has 1 saturated carbocycles. The molecule has 2 aromatic rings. The SMILES string of the molecule is N#Cc1ccc2nnc(CC3CCCC3)n2c1. The van der Waals surface area contributed by atoms with Gasteiger partial charge in [0.25, 0.3) is 0 Å². The highest BCUT2D eigenvalue weighted by Gasteiger charge is 2.18. The molecule has 17 heavy (non-hydrogen) atoms. The Labute approximate surface area is 99.9 Å². The van der Waals surface area contributed by atoms with Crippen molar-refractivity contribution in [2.45, 2.75) is 32.1 Å². The number of aromatic nitrogens is 3. The molecule has 0 bridgehead atoms. The number of fused-ring (bicyclic) bond motifs is 1. The van der Waals surface area contributed by atoms with Gasteiger partial charge in [-0.2, -0.15) is 5.26 Å². The molecule has 1 aliphatic rings. The van der Waals surface area contributed by atoms with Crippen molar-refractivity contribution in [1.29, 1.82) is 5.26 Å². The van der Waals surface area contributed by atoms with Crippen LogP contribution in [-0.2, 0) is 6.42 Å². The first kappa shape index (κ1) is 10.3. The topological polar surface area (TPSA) is 54.0 Å². The van der Waals surface area contributed by atoms with Crippen molar-refractivity contribution in [3.05, 3.63) is 29.7 Å². The fraction of sp³-hybridized carbons (Fsp3) is 0.462. The molecule has 0 aliphatic heterocycles. The van der Waals surface area contributed by atoms with Crippen molar-refractivity contribution < 1.29 is 0 Å². The van der Waals surface area contributed by atoms with Crippen molar-refractivity contribution in [3.63, 3.8) is 0 Å². The molecule has 3 rings (SSSR count). The van der Waals surface area contributed by atoms with Gasteiger partial charge in [-0.25, -0.2) is 0 Å². The summed E-state index contributed by atoms with van der Waals surface area (Å²) in [6.07, 6.45) is 8.09. The Bertz CT molecular complexity index is 573. The van der Waals surface area contributed by atoms with Gasteiger partial charge >= 0.3 is 0 Å². The Hall–Kier alpha value is -1.89. The highest BCUT2D eigenvalue weighted by Crippen LogP contribution is 2.27. The van der Waals surface area contributed by atoms with Crippen LogP contribution in [-0.4, -0.2) is 14.6 Å². The highest BCUT2D eigenvalue weighted by molar-refractivity contribution is 5.42. The quantitative estimate of drug-likeness (QED) is 0.789. The summed E-state index contributed by atoms with van der Waals surface area (Å²) in [5, 5.41) is 17.3. The minimum atomic E-state index is 0.657. The van der Waals surface area contributed by atoms with Crippen LogP contribution in [0.1, 0.15) is 37.1 Å². The Morgan fingerprint density at radius 2 is 2.12 bits per heavy atom. The lowest BCUT2D eigenvalue weighted by atomic mass is 10.0. The Morgan fingerprint density at radius 1 is 1.29 bits per heavy atom. The Balaban J connectivity index is 1.95. The van der Waals surface area contributed by atoms with Gasteiger partial charge in [-0.15, -0.1) is 10.2 Å². The molecule has 86 valence electrons. The first-order valence-electron chi connectivity index (χ1n) is 6.10. The number of nitrogens with zero attached hydrogens (tertiary/aromatic N) is 4. The lowest BCUT2D eigenvalue weighted by Gasteiger charge is -2.06. The Morgan fingerprint density at radius 3 is 2.88 bits per heavy atom. The van der Waals surface area contributed by atoms with Gasteiger partial charge in [0.2, 0.25) is 0 Å². The zero-order chi connectivity index (χ0) is 11.7. The van der Waals surface area contributed by atoms with E-state index in [0.29, 0.717) is 5.56 Å². The molecule has 0 aromatic carbocycles. The Kier molecular flexibility index (Phi) is 2.52. The van der Waals surface area contributed by atoms with Crippen LogP contribution < -0.4 is 0 Å². The molecule has 0 unspecified atom stereocenters. The summed E-state index contributed by atoms with van der Waals surface area (Å²) in [7, 11) is 0. The fourth-order valence-corrected chi connectivity index (χ4v) is 2.62. The van der Waals surface area contributed by atoms with Crippen LogP contribution in [0, 0.1) is 17.2 Å². The van der Waals surface area contributed by atoms with Crippen LogP contribution in [0.2, 0.25) is 0 Å². The number of hydrogen-bond acceptors (Lipinski definition) is 3. The van der Waals surface area contributed by atoms with E-state index in [4.69, 9.17) is 5.26 Å². The predicted octanol–water partition coefficient (Wildman–Crippen LogP) is 2.33. The van der Waals surface area contributed by atoms with Gasteiger partial charge < -0.3 is 0 Å². The molecule has 1 aliphatic carbocycles. The lowest BCUT2D eigenvalue weighted by Crippen LogP contribution is -2.03. The van der Waals surface area contributed by atoms with Crippen LogP contribution in [0.15, 0.2) is 18.3 Å². The second kappa shape index (κ2) is 4.17. The van der Waals surface area contributed by atoms with Gasteiger partial charge in [-0.3, -0.25) is 4.40 Å². The second-order valence-corrected chi connectivity index (χ2v) is 4.73. The highest BCUT2D eigenvalue weighted by atomic mass is 15.2. The zero-order valence-electron chi connectivity index (χ0n) is 9.63. The van der Waals surface area contributed by atoms with Gasteiger partial charge in [0.15, 0.2) is 5.65 Å². The summed E-state index contributed by atoms with van der Waals surface area (Å²) >= 11 is 0. The molecule has 2 heterocycles. The van der Waals surface area contributed by atoms with E-state index in [1.54, 1.807) is 6.07 Å². The van der Waals surface area contributed by atoms with Gasteiger partial charge in [-0.05, 0) is 18.1 Å². The van der Waals surface area contributed by atoms with E-state index in [1.807, 2.05) is 16.7 Å². The normalized spacial score (nSPS) is 16.4. The maximum Gasteiger partial charge on any atom is 0.160 e. The summed E-state index contributed by atoms with van der Waals surface area (Å²) in [6, 6.07) is 5.79. The van der Waals surface area contributed by atoms with Gasteiger partial charge in [0.1, 0.15) is 11.9 Å². The zero-order valence-corrected chi connectivity index (χ0v) is 9.63. The number of hydrogen-bond donors (Lipinski definition) is 0. The molecule has 4 nitrogen and oxygen atoms in total. The number of pyridine rings is 1. The first-order valence-corrected chi connectivity index (χ1v) is 6.10. The minimum Gasteiger partial charge on any atom is -0.285 e. The number of rotatable bonds is 2. The third-order valence-electron chi connectivity index (χ3n) is 3.55. The van der Waals surface area contributed by atoms with E-state index in [2.05, 4.69) is 16.3 Å². The summed E-state index contributed by atoms with van der Waals surface area (Å²) in [4.78, 5) is 0. The maximum absolute atomic E-state index is 8.91. The third-order valence-corrected chi connectivity index (χ3v) is 3.55. The van der Waals surface area contributed by atoms with Crippen LogP contribution >= 0.6 is 0 Å².